The third kappa shape index (κ3) is 2.42. The molecule has 1 saturated carbocycles. The summed E-state index contributed by atoms with van der Waals surface area (Å²) in [6, 6.07) is 0. The molecule has 1 rings (SSSR count). The average molecular weight is 185 g/mol. The van der Waals surface area contributed by atoms with E-state index < -0.39 is 11.8 Å². The molecule has 0 spiro atoms. The zero-order valence-electron chi connectivity index (χ0n) is 7.91. The fourth-order valence-corrected chi connectivity index (χ4v) is 1.32. The van der Waals surface area contributed by atoms with E-state index in [0.717, 1.165) is 6.42 Å². The van der Waals surface area contributed by atoms with Crippen LogP contribution in [0, 0.1) is 11.8 Å². The van der Waals surface area contributed by atoms with Crippen molar-refractivity contribution >= 4 is 11.8 Å². The Morgan fingerprint density at radius 3 is 2.54 bits per heavy atom. The van der Waals surface area contributed by atoms with Gasteiger partial charge in [0.25, 0.3) is 0 Å². The molecule has 13 heavy (non-hydrogen) atoms. The molecular formula is C8H15N3O2. The van der Waals surface area contributed by atoms with E-state index in [4.69, 9.17) is 5.84 Å². The lowest BCUT2D eigenvalue weighted by atomic mass is 10.3. The van der Waals surface area contributed by atoms with Crippen LogP contribution in [0.15, 0.2) is 0 Å². The predicted octanol–water partition coefficient (Wildman–Crippen LogP) is -0.909. The monoisotopic (exact) mass is 185 g/mol. The highest BCUT2D eigenvalue weighted by Crippen LogP contribution is 2.37. The number of nitrogens with two attached hydrogens (primary N) is 1. The molecule has 5 heteroatoms. The fraction of sp³-hybridized carbons (Fsp3) is 0.750. The Labute approximate surface area is 77.2 Å². The van der Waals surface area contributed by atoms with Crippen LogP contribution in [0.4, 0.5) is 0 Å². The molecule has 0 saturated heterocycles. The Morgan fingerprint density at radius 2 is 2.15 bits per heavy atom. The Bertz CT molecular complexity index is 229. The van der Waals surface area contributed by atoms with Crippen molar-refractivity contribution in [3.63, 3.8) is 0 Å². The molecule has 2 atom stereocenters. The van der Waals surface area contributed by atoms with E-state index in [0.29, 0.717) is 18.4 Å². The SMILES string of the molecule is CC1CC1CN(C)C(=O)C(=O)NN. The summed E-state index contributed by atoms with van der Waals surface area (Å²) in [6.07, 6.45) is 1.14. The first-order valence-electron chi connectivity index (χ1n) is 4.32. The third-order valence-electron chi connectivity index (χ3n) is 2.46. The lowest BCUT2D eigenvalue weighted by molar-refractivity contribution is -0.145. The van der Waals surface area contributed by atoms with Crippen LogP contribution in [-0.2, 0) is 9.59 Å². The van der Waals surface area contributed by atoms with Gasteiger partial charge in [-0.3, -0.25) is 15.0 Å². The first-order valence-corrected chi connectivity index (χ1v) is 4.32. The molecule has 0 heterocycles. The van der Waals surface area contributed by atoms with Crippen LogP contribution in [0.3, 0.4) is 0 Å². The molecule has 0 aromatic rings. The van der Waals surface area contributed by atoms with Crippen molar-refractivity contribution in [2.75, 3.05) is 13.6 Å². The molecule has 0 bridgehead atoms. The maximum Gasteiger partial charge on any atom is 0.323 e. The zero-order valence-corrected chi connectivity index (χ0v) is 7.91. The number of likely N-dealkylation sites (N-methyl/N-ethyl adjacent to an activating group) is 1. The molecule has 0 aromatic carbocycles. The number of nitrogens with zero attached hydrogens (tertiary/aromatic N) is 1. The number of hydrazine groups is 1. The van der Waals surface area contributed by atoms with Crippen molar-refractivity contribution in [1.29, 1.82) is 0 Å². The minimum absolute atomic E-state index is 0.555. The van der Waals surface area contributed by atoms with Gasteiger partial charge in [-0.15, -0.1) is 0 Å². The minimum Gasteiger partial charge on any atom is -0.337 e. The predicted molar refractivity (Wildman–Crippen MR) is 47.2 cm³/mol. The van der Waals surface area contributed by atoms with Crippen molar-refractivity contribution in [2.24, 2.45) is 17.7 Å². The quantitative estimate of drug-likeness (QED) is 0.253. The summed E-state index contributed by atoms with van der Waals surface area (Å²) >= 11 is 0. The molecule has 1 aliphatic rings. The van der Waals surface area contributed by atoms with Crippen molar-refractivity contribution in [1.82, 2.24) is 10.3 Å². The Balaban J connectivity index is 2.34. The molecule has 74 valence electrons. The zero-order chi connectivity index (χ0) is 10.0. The smallest absolute Gasteiger partial charge is 0.323 e. The van der Waals surface area contributed by atoms with Gasteiger partial charge in [0.2, 0.25) is 0 Å². The summed E-state index contributed by atoms with van der Waals surface area (Å²) in [5, 5.41) is 0. The van der Waals surface area contributed by atoms with E-state index >= 15 is 0 Å². The summed E-state index contributed by atoms with van der Waals surface area (Å²) in [7, 11) is 1.61. The van der Waals surface area contributed by atoms with Gasteiger partial charge in [-0.05, 0) is 18.3 Å². The molecule has 2 amide bonds. The summed E-state index contributed by atoms with van der Waals surface area (Å²) in [5.41, 5.74) is 1.82. The maximum atomic E-state index is 11.2. The van der Waals surface area contributed by atoms with Gasteiger partial charge in [0, 0.05) is 13.6 Å². The molecule has 2 unspecified atom stereocenters. The highest BCUT2D eigenvalue weighted by Gasteiger charge is 2.34. The van der Waals surface area contributed by atoms with Gasteiger partial charge in [-0.1, -0.05) is 6.92 Å². The fourth-order valence-electron chi connectivity index (χ4n) is 1.32. The average Bonchev–Trinajstić information content (AvgIpc) is 2.79. The number of hydrogen-bond acceptors (Lipinski definition) is 3. The second-order valence-electron chi connectivity index (χ2n) is 3.63. The van der Waals surface area contributed by atoms with Crippen LogP contribution in [0.25, 0.3) is 0 Å². The van der Waals surface area contributed by atoms with Crippen LogP contribution in [-0.4, -0.2) is 30.3 Å². The number of amides is 2. The van der Waals surface area contributed by atoms with Gasteiger partial charge in [0.1, 0.15) is 0 Å². The number of hydrogen-bond donors (Lipinski definition) is 2. The van der Waals surface area contributed by atoms with Gasteiger partial charge in [0.05, 0.1) is 0 Å². The standard InChI is InChI=1S/C8H15N3O2/c1-5-3-6(5)4-11(2)8(13)7(12)10-9/h5-6H,3-4,9H2,1-2H3,(H,10,12). The van der Waals surface area contributed by atoms with E-state index in [-0.39, 0.29) is 0 Å². The highest BCUT2D eigenvalue weighted by atomic mass is 16.2. The van der Waals surface area contributed by atoms with E-state index in [1.807, 2.05) is 5.43 Å². The van der Waals surface area contributed by atoms with Gasteiger partial charge < -0.3 is 4.90 Å². The van der Waals surface area contributed by atoms with Crippen LogP contribution in [0.5, 0.6) is 0 Å². The lowest BCUT2D eigenvalue weighted by Gasteiger charge is -2.15. The summed E-state index contributed by atoms with van der Waals surface area (Å²) in [6.45, 7) is 2.78. The van der Waals surface area contributed by atoms with Crippen LogP contribution < -0.4 is 11.3 Å². The van der Waals surface area contributed by atoms with Crippen molar-refractivity contribution in [2.45, 2.75) is 13.3 Å². The van der Waals surface area contributed by atoms with Crippen molar-refractivity contribution in [3.05, 3.63) is 0 Å². The summed E-state index contributed by atoms with van der Waals surface area (Å²) < 4.78 is 0. The second kappa shape index (κ2) is 3.74. The molecule has 0 aromatic heterocycles. The first-order chi connectivity index (χ1) is 6.06. The van der Waals surface area contributed by atoms with E-state index in [1.165, 1.54) is 4.90 Å². The first kappa shape index (κ1) is 9.98. The van der Waals surface area contributed by atoms with Gasteiger partial charge in [0.15, 0.2) is 0 Å². The van der Waals surface area contributed by atoms with Crippen LogP contribution in [0.1, 0.15) is 13.3 Å². The highest BCUT2D eigenvalue weighted by molar-refractivity contribution is 6.34. The molecule has 3 N–H and O–H groups in total. The Morgan fingerprint density at radius 1 is 1.62 bits per heavy atom. The Hall–Kier alpha value is -1.10. The van der Waals surface area contributed by atoms with Gasteiger partial charge in [-0.25, -0.2) is 5.84 Å². The number of nitrogens with one attached hydrogen (secondary N) is 1. The van der Waals surface area contributed by atoms with Gasteiger partial charge >= 0.3 is 11.8 Å². The summed E-state index contributed by atoms with van der Waals surface area (Å²) in [4.78, 5) is 23.4. The van der Waals surface area contributed by atoms with E-state index in [1.54, 1.807) is 7.05 Å². The molecule has 0 radical (unpaired) electrons. The number of rotatable bonds is 2. The topological polar surface area (TPSA) is 75.4 Å². The van der Waals surface area contributed by atoms with Crippen molar-refractivity contribution in [3.8, 4) is 0 Å². The van der Waals surface area contributed by atoms with Crippen LogP contribution in [0.2, 0.25) is 0 Å². The van der Waals surface area contributed by atoms with Gasteiger partial charge in [-0.2, -0.15) is 0 Å². The molecular weight excluding hydrogens is 170 g/mol. The van der Waals surface area contributed by atoms with Crippen LogP contribution >= 0.6 is 0 Å². The second-order valence-corrected chi connectivity index (χ2v) is 3.63. The van der Waals surface area contributed by atoms with E-state index in [9.17, 15) is 9.59 Å². The number of carbonyl (C=O) groups is 2. The summed E-state index contributed by atoms with van der Waals surface area (Å²) in [5.74, 6) is 4.75. The molecule has 1 fully saturated rings. The Kier molecular flexibility index (Phi) is 2.87. The molecule has 5 nitrogen and oxygen atoms in total. The molecule has 1 aliphatic carbocycles. The van der Waals surface area contributed by atoms with Crippen molar-refractivity contribution < 1.29 is 9.59 Å². The lowest BCUT2D eigenvalue weighted by Crippen LogP contribution is -2.44. The third-order valence-corrected chi connectivity index (χ3v) is 2.46. The molecule has 0 aliphatic heterocycles. The number of carbonyl (C=O) groups excluding carboxylic acids is 2. The largest absolute Gasteiger partial charge is 0.337 e. The normalized spacial score (nSPS) is 25.2. The van der Waals surface area contributed by atoms with E-state index in [2.05, 4.69) is 6.92 Å². The maximum absolute atomic E-state index is 11.2. The minimum atomic E-state index is -0.754.